The SMILES string of the molecule is CC(C)(CO)CCCNC(=O)C1(c2ccc(F)cc2)CCC1. The van der Waals surface area contributed by atoms with E-state index in [1.54, 1.807) is 12.1 Å². The molecular formula is C18H26FNO2. The van der Waals surface area contributed by atoms with Gasteiger partial charge >= 0.3 is 0 Å². The third-order valence-corrected chi connectivity index (χ3v) is 4.78. The van der Waals surface area contributed by atoms with Crippen LogP contribution in [0, 0.1) is 11.2 Å². The molecule has 0 spiro atoms. The Hall–Kier alpha value is -1.42. The van der Waals surface area contributed by atoms with Crippen LogP contribution in [0.5, 0.6) is 0 Å². The van der Waals surface area contributed by atoms with Gasteiger partial charge in [-0.25, -0.2) is 4.39 Å². The number of carbonyl (C=O) groups excluding carboxylic acids is 1. The van der Waals surface area contributed by atoms with Crippen molar-refractivity contribution in [3.8, 4) is 0 Å². The van der Waals surface area contributed by atoms with Gasteiger partial charge in [0.25, 0.3) is 0 Å². The summed E-state index contributed by atoms with van der Waals surface area (Å²) in [5.41, 5.74) is 0.337. The minimum absolute atomic E-state index is 0.0483. The molecule has 1 aromatic carbocycles. The summed E-state index contributed by atoms with van der Waals surface area (Å²) in [5.74, 6) is -0.225. The summed E-state index contributed by atoms with van der Waals surface area (Å²) in [6.45, 7) is 4.80. The van der Waals surface area contributed by atoms with Crippen molar-refractivity contribution in [2.45, 2.75) is 51.4 Å². The molecule has 2 N–H and O–H groups in total. The lowest BCUT2D eigenvalue weighted by Crippen LogP contribution is -2.49. The smallest absolute Gasteiger partial charge is 0.230 e. The molecule has 1 aromatic rings. The molecule has 22 heavy (non-hydrogen) atoms. The van der Waals surface area contributed by atoms with Crippen molar-refractivity contribution in [1.82, 2.24) is 5.32 Å². The van der Waals surface area contributed by atoms with Gasteiger partial charge in [0.2, 0.25) is 5.91 Å². The van der Waals surface area contributed by atoms with E-state index in [-0.39, 0.29) is 23.7 Å². The molecule has 0 radical (unpaired) electrons. The summed E-state index contributed by atoms with van der Waals surface area (Å²) < 4.78 is 13.1. The normalized spacial score (nSPS) is 16.9. The first kappa shape index (κ1) is 16.9. The Labute approximate surface area is 131 Å². The van der Waals surface area contributed by atoms with Crippen LogP contribution in [0.3, 0.4) is 0 Å². The molecule has 4 heteroatoms. The number of carbonyl (C=O) groups is 1. The van der Waals surface area contributed by atoms with Gasteiger partial charge in [0.15, 0.2) is 0 Å². The molecule has 122 valence electrons. The predicted molar refractivity (Wildman–Crippen MR) is 85.0 cm³/mol. The summed E-state index contributed by atoms with van der Waals surface area (Å²) in [6.07, 6.45) is 4.40. The molecule has 0 heterocycles. The number of rotatable bonds is 7. The quantitative estimate of drug-likeness (QED) is 0.760. The summed E-state index contributed by atoms with van der Waals surface area (Å²) in [5, 5.41) is 12.3. The molecule has 2 rings (SSSR count). The maximum absolute atomic E-state index is 13.1. The molecule has 1 aliphatic carbocycles. The van der Waals surface area contributed by atoms with E-state index in [9.17, 15) is 14.3 Å². The lowest BCUT2D eigenvalue weighted by atomic mass is 9.64. The van der Waals surface area contributed by atoms with Gasteiger partial charge in [0.1, 0.15) is 5.82 Å². The summed E-state index contributed by atoms with van der Waals surface area (Å²) in [6, 6.07) is 6.30. The van der Waals surface area contributed by atoms with Crippen molar-refractivity contribution in [3.63, 3.8) is 0 Å². The highest BCUT2D eigenvalue weighted by Gasteiger charge is 2.45. The Balaban J connectivity index is 1.91. The van der Waals surface area contributed by atoms with Gasteiger partial charge in [0, 0.05) is 13.2 Å². The van der Waals surface area contributed by atoms with E-state index < -0.39 is 5.41 Å². The topological polar surface area (TPSA) is 49.3 Å². The van der Waals surface area contributed by atoms with E-state index >= 15 is 0 Å². The fourth-order valence-corrected chi connectivity index (χ4v) is 2.96. The zero-order valence-corrected chi connectivity index (χ0v) is 13.5. The predicted octanol–water partition coefficient (Wildman–Crippen LogP) is 3.16. The Kier molecular flexibility index (Phi) is 5.22. The average molecular weight is 307 g/mol. The molecular weight excluding hydrogens is 281 g/mol. The highest BCUT2D eigenvalue weighted by molar-refractivity contribution is 5.89. The van der Waals surface area contributed by atoms with E-state index in [0.717, 1.165) is 37.7 Å². The maximum atomic E-state index is 13.1. The first-order valence-corrected chi connectivity index (χ1v) is 8.05. The van der Waals surface area contributed by atoms with Crippen LogP contribution in [0.25, 0.3) is 0 Å². The monoisotopic (exact) mass is 307 g/mol. The highest BCUT2D eigenvalue weighted by Crippen LogP contribution is 2.44. The van der Waals surface area contributed by atoms with Crippen LogP contribution < -0.4 is 5.32 Å². The van der Waals surface area contributed by atoms with Gasteiger partial charge in [-0.15, -0.1) is 0 Å². The minimum Gasteiger partial charge on any atom is -0.396 e. The van der Waals surface area contributed by atoms with Gasteiger partial charge in [-0.3, -0.25) is 4.79 Å². The van der Waals surface area contributed by atoms with Gasteiger partial charge in [-0.05, 0) is 48.8 Å². The molecule has 1 aliphatic rings. The largest absolute Gasteiger partial charge is 0.396 e. The van der Waals surface area contributed by atoms with E-state index in [1.807, 2.05) is 13.8 Å². The van der Waals surface area contributed by atoms with Crippen LogP contribution in [0.1, 0.15) is 51.5 Å². The molecule has 1 amide bonds. The molecule has 0 bridgehead atoms. The van der Waals surface area contributed by atoms with Crippen LogP contribution in [-0.2, 0) is 10.2 Å². The zero-order chi connectivity index (χ0) is 16.2. The van der Waals surface area contributed by atoms with Crippen molar-refractivity contribution in [2.24, 2.45) is 5.41 Å². The first-order valence-electron chi connectivity index (χ1n) is 8.05. The van der Waals surface area contributed by atoms with Crippen LogP contribution >= 0.6 is 0 Å². The number of aliphatic hydroxyl groups is 1. The number of nitrogens with one attached hydrogen (secondary N) is 1. The third-order valence-electron chi connectivity index (χ3n) is 4.78. The lowest BCUT2D eigenvalue weighted by Gasteiger charge is -2.40. The molecule has 0 aromatic heterocycles. The van der Waals surface area contributed by atoms with E-state index in [1.165, 1.54) is 12.1 Å². The Morgan fingerprint density at radius 1 is 1.32 bits per heavy atom. The molecule has 0 unspecified atom stereocenters. The van der Waals surface area contributed by atoms with E-state index in [4.69, 9.17) is 0 Å². The van der Waals surface area contributed by atoms with Crippen LogP contribution in [0.15, 0.2) is 24.3 Å². The van der Waals surface area contributed by atoms with Crippen molar-refractivity contribution in [2.75, 3.05) is 13.2 Å². The van der Waals surface area contributed by atoms with E-state index in [2.05, 4.69) is 5.32 Å². The standard InChI is InChI=1S/C18H26FNO2/c1-17(2,13-21)9-4-12-20-16(22)18(10-3-11-18)14-5-7-15(19)8-6-14/h5-8,21H,3-4,9-13H2,1-2H3,(H,20,22). The summed E-state index contributed by atoms with van der Waals surface area (Å²) in [7, 11) is 0. The number of halogens is 1. The van der Waals surface area contributed by atoms with Crippen LogP contribution in [-0.4, -0.2) is 24.2 Å². The van der Waals surface area contributed by atoms with Gasteiger partial charge < -0.3 is 10.4 Å². The molecule has 0 aliphatic heterocycles. The van der Waals surface area contributed by atoms with E-state index in [0.29, 0.717) is 6.54 Å². The summed E-state index contributed by atoms with van der Waals surface area (Å²) in [4.78, 5) is 12.6. The van der Waals surface area contributed by atoms with Gasteiger partial charge in [-0.2, -0.15) is 0 Å². The second kappa shape index (κ2) is 6.78. The minimum atomic E-state index is -0.472. The second-order valence-electron chi connectivity index (χ2n) is 7.12. The van der Waals surface area contributed by atoms with Crippen molar-refractivity contribution in [1.29, 1.82) is 0 Å². The van der Waals surface area contributed by atoms with Gasteiger partial charge in [0.05, 0.1) is 5.41 Å². The Morgan fingerprint density at radius 3 is 2.45 bits per heavy atom. The zero-order valence-electron chi connectivity index (χ0n) is 13.5. The van der Waals surface area contributed by atoms with Crippen molar-refractivity contribution >= 4 is 5.91 Å². The number of hydrogen-bond acceptors (Lipinski definition) is 2. The van der Waals surface area contributed by atoms with Gasteiger partial charge in [-0.1, -0.05) is 32.4 Å². The number of aliphatic hydroxyl groups excluding tert-OH is 1. The van der Waals surface area contributed by atoms with Crippen LogP contribution in [0.2, 0.25) is 0 Å². The van der Waals surface area contributed by atoms with Crippen molar-refractivity contribution in [3.05, 3.63) is 35.6 Å². The molecule has 1 fully saturated rings. The average Bonchev–Trinajstić information content (AvgIpc) is 2.44. The molecule has 1 saturated carbocycles. The fraction of sp³-hybridized carbons (Fsp3) is 0.611. The first-order chi connectivity index (χ1) is 10.4. The van der Waals surface area contributed by atoms with Crippen LogP contribution in [0.4, 0.5) is 4.39 Å². The third kappa shape index (κ3) is 3.67. The second-order valence-corrected chi connectivity index (χ2v) is 7.12. The number of amides is 1. The van der Waals surface area contributed by atoms with Crippen molar-refractivity contribution < 1.29 is 14.3 Å². The molecule has 3 nitrogen and oxygen atoms in total. The Morgan fingerprint density at radius 2 is 1.95 bits per heavy atom. The lowest BCUT2D eigenvalue weighted by molar-refractivity contribution is -0.129. The Bertz CT molecular complexity index is 506. The fourth-order valence-electron chi connectivity index (χ4n) is 2.96. The highest BCUT2D eigenvalue weighted by atomic mass is 19.1. The molecule has 0 saturated heterocycles. The number of hydrogen-bond donors (Lipinski definition) is 2. The maximum Gasteiger partial charge on any atom is 0.230 e. The summed E-state index contributed by atoms with van der Waals surface area (Å²) >= 11 is 0. The molecule has 0 atom stereocenters. The number of benzene rings is 1.